The highest BCUT2D eigenvalue weighted by atomic mass is 32.2. The van der Waals surface area contributed by atoms with Gasteiger partial charge in [-0.15, -0.1) is 0 Å². The topological polar surface area (TPSA) is 142 Å². The maximum atomic E-state index is 12.7. The number of carbonyl (C=O) groups excluding carboxylic acids is 2. The SMILES string of the molecule is CC(=O)Nc1ccc(S(=O)(=O)N(C)CC(=O)Nc2ccc(C)c(NS(C)(=O)=O)c2)cc1. The molecule has 2 rings (SSSR count). The van der Waals surface area contributed by atoms with Crippen LogP contribution in [0.2, 0.25) is 0 Å². The van der Waals surface area contributed by atoms with Crippen molar-refractivity contribution in [3.05, 3.63) is 48.0 Å². The van der Waals surface area contributed by atoms with Crippen LogP contribution >= 0.6 is 0 Å². The van der Waals surface area contributed by atoms with Gasteiger partial charge in [0, 0.05) is 25.3 Å². The third kappa shape index (κ3) is 7.05. The van der Waals surface area contributed by atoms with Crippen molar-refractivity contribution < 1.29 is 26.4 Å². The van der Waals surface area contributed by atoms with E-state index < -0.39 is 32.5 Å². The van der Waals surface area contributed by atoms with E-state index >= 15 is 0 Å². The molecule has 0 heterocycles. The van der Waals surface area contributed by atoms with Crippen molar-refractivity contribution in [1.82, 2.24) is 4.31 Å². The van der Waals surface area contributed by atoms with E-state index in [2.05, 4.69) is 15.4 Å². The molecule has 0 unspecified atom stereocenters. The first-order valence-corrected chi connectivity index (χ1v) is 12.3. The number of nitrogens with zero attached hydrogens (tertiary/aromatic N) is 1. The Morgan fingerprint density at radius 3 is 2.06 bits per heavy atom. The number of hydrogen-bond donors (Lipinski definition) is 3. The quantitative estimate of drug-likeness (QED) is 0.537. The number of carbonyl (C=O) groups is 2. The van der Waals surface area contributed by atoms with Crippen molar-refractivity contribution in [2.75, 3.05) is 35.2 Å². The predicted octanol–water partition coefficient (Wildman–Crippen LogP) is 1.58. The largest absolute Gasteiger partial charge is 0.326 e. The highest BCUT2D eigenvalue weighted by molar-refractivity contribution is 7.92. The van der Waals surface area contributed by atoms with E-state index in [4.69, 9.17) is 0 Å². The first kappa shape index (κ1) is 24.3. The Kier molecular flexibility index (Phi) is 7.41. The lowest BCUT2D eigenvalue weighted by Gasteiger charge is -2.17. The Hall–Kier alpha value is -2.96. The number of sulfonamides is 2. The molecule has 0 bridgehead atoms. The highest BCUT2D eigenvalue weighted by Gasteiger charge is 2.23. The fraction of sp³-hybridized carbons (Fsp3) is 0.263. The van der Waals surface area contributed by atoms with Gasteiger partial charge in [0.2, 0.25) is 31.9 Å². The molecule has 31 heavy (non-hydrogen) atoms. The minimum absolute atomic E-state index is 0.0353. The van der Waals surface area contributed by atoms with Crippen molar-refractivity contribution in [2.45, 2.75) is 18.7 Å². The summed E-state index contributed by atoms with van der Waals surface area (Å²) in [6.07, 6.45) is 1.01. The summed E-state index contributed by atoms with van der Waals surface area (Å²) in [5, 5.41) is 5.09. The first-order chi connectivity index (χ1) is 14.3. The van der Waals surface area contributed by atoms with Crippen LogP contribution in [0.3, 0.4) is 0 Å². The van der Waals surface area contributed by atoms with Gasteiger partial charge in [-0.05, 0) is 48.9 Å². The molecule has 0 atom stereocenters. The smallest absolute Gasteiger partial charge is 0.243 e. The summed E-state index contributed by atoms with van der Waals surface area (Å²) in [6.45, 7) is 2.58. The fourth-order valence-electron chi connectivity index (χ4n) is 2.59. The zero-order chi connectivity index (χ0) is 23.4. The highest BCUT2D eigenvalue weighted by Crippen LogP contribution is 2.22. The van der Waals surface area contributed by atoms with Gasteiger partial charge in [-0.1, -0.05) is 6.07 Å². The number of likely N-dealkylation sites (N-methyl/N-ethyl adjacent to an activating group) is 1. The normalized spacial score (nSPS) is 11.8. The molecule has 2 aromatic carbocycles. The standard InChI is InChI=1S/C19H24N4O6S2/c1-13-5-6-16(11-18(13)22-30(4,26)27)21-19(25)12-23(3)31(28,29)17-9-7-15(8-10-17)20-14(2)24/h5-11,22H,12H2,1-4H3,(H,20,24)(H,21,25). The molecule has 0 fully saturated rings. The Morgan fingerprint density at radius 2 is 1.52 bits per heavy atom. The lowest BCUT2D eigenvalue weighted by molar-refractivity contribution is -0.116. The van der Waals surface area contributed by atoms with Crippen LogP contribution in [0.5, 0.6) is 0 Å². The van der Waals surface area contributed by atoms with E-state index in [9.17, 15) is 26.4 Å². The Morgan fingerprint density at radius 1 is 0.935 bits per heavy atom. The van der Waals surface area contributed by atoms with Crippen LogP contribution in [-0.4, -0.2) is 52.8 Å². The first-order valence-electron chi connectivity index (χ1n) is 9.00. The second-order valence-electron chi connectivity index (χ2n) is 6.92. The molecule has 0 saturated carbocycles. The van der Waals surface area contributed by atoms with Crippen LogP contribution < -0.4 is 15.4 Å². The number of benzene rings is 2. The number of hydrogen-bond acceptors (Lipinski definition) is 6. The van der Waals surface area contributed by atoms with Crippen LogP contribution in [0.25, 0.3) is 0 Å². The second-order valence-corrected chi connectivity index (χ2v) is 10.7. The van der Waals surface area contributed by atoms with E-state index in [0.717, 1.165) is 10.6 Å². The van der Waals surface area contributed by atoms with Crippen LogP contribution in [0.15, 0.2) is 47.4 Å². The van der Waals surface area contributed by atoms with Crippen molar-refractivity contribution in [3.63, 3.8) is 0 Å². The van der Waals surface area contributed by atoms with Crippen LogP contribution in [0.4, 0.5) is 17.1 Å². The molecule has 0 aliphatic heterocycles. The summed E-state index contributed by atoms with van der Waals surface area (Å²) in [5.41, 5.74) is 1.73. The Labute approximate surface area is 181 Å². The minimum Gasteiger partial charge on any atom is -0.326 e. The molecule has 2 aromatic rings. The second kappa shape index (κ2) is 9.45. The molecule has 12 heteroatoms. The molecule has 0 aliphatic rings. The average Bonchev–Trinajstić information content (AvgIpc) is 2.63. The van der Waals surface area contributed by atoms with Gasteiger partial charge >= 0.3 is 0 Å². The molecular weight excluding hydrogens is 444 g/mol. The average molecular weight is 469 g/mol. The summed E-state index contributed by atoms with van der Waals surface area (Å²) in [7, 11) is -6.17. The summed E-state index contributed by atoms with van der Waals surface area (Å²) in [5.74, 6) is -0.884. The molecule has 0 aliphatic carbocycles. The number of amides is 2. The number of aryl methyl sites for hydroxylation is 1. The summed E-state index contributed by atoms with van der Waals surface area (Å²) < 4.78 is 51.5. The fourth-order valence-corrected chi connectivity index (χ4v) is 4.34. The maximum absolute atomic E-state index is 12.7. The molecule has 0 radical (unpaired) electrons. The predicted molar refractivity (Wildman–Crippen MR) is 119 cm³/mol. The number of nitrogens with one attached hydrogen (secondary N) is 3. The van der Waals surface area contributed by atoms with Gasteiger partial charge in [0.25, 0.3) is 0 Å². The third-order valence-electron chi connectivity index (χ3n) is 4.07. The zero-order valence-corrected chi connectivity index (χ0v) is 19.1. The minimum atomic E-state index is -3.94. The van der Waals surface area contributed by atoms with Crippen LogP contribution in [0.1, 0.15) is 12.5 Å². The van der Waals surface area contributed by atoms with Gasteiger partial charge in [0.1, 0.15) is 0 Å². The number of anilines is 3. The van der Waals surface area contributed by atoms with Crippen molar-refractivity contribution >= 4 is 48.9 Å². The molecule has 0 saturated heterocycles. The molecule has 10 nitrogen and oxygen atoms in total. The van der Waals surface area contributed by atoms with Gasteiger partial charge < -0.3 is 10.6 Å². The molecular formula is C19H24N4O6S2. The van der Waals surface area contributed by atoms with Gasteiger partial charge in [-0.25, -0.2) is 16.8 Å². The van der Waals surface area contributed by atoms with Crippen LogP contribution in [0, 0.1) is 6.92 Å². The van der Waals surface area contributed by atoms with Gasteiger partial charge in [-0.3, -0.25) is 14.3 Å². The van der Waals surface area contributed by atoms with E-state index in [1.807, 2.05) is 0 Å². The Balaban J connectivity index is 2.09. The van der Waals surface area contributed by atoms with Crippen molar-refractivity contribution in [1.29, 1.82) is 0 Å². The molecule has 0 spiro atoms. The van der Waals surface area contributed by atoms with Crippen molar-refractivity contribution in [3.8, 4) is 0 Å². The molecule has 3 N–H and O–H groups in total. The van der Waals surface area contributed by atoms with Gasteiger partial charge in [0.05, 0.1) is 23.4 Å². The van der Waals surface area contributed by atoms with E-state index in [1.165, 1.54) is 44.3 Å². The van der Waals surface area contributed by atoms with Gasteiger partial charge in [-0.2, -0.15) is 4.31 Å². The van der Waals surface area contributed by atoms with Gasteiger partial charge in [0.15, 0.2) is 0 Å². The van der Waals surface area contributed by atoms with E-state index in [-0.39, 0.29) is 10.8 Å². The lowest BCUT2D eigenvalue weighted by Crippen LogP contribution is -2.35. The van der Waals surface area contributed by atoms with E-state index in [1.54, 1.807) is 19.1 Å². The van der Waals surface area contributed by atoms with Crippen molar-refractivity contribution in [2.24, 2.45) is 0 Å². The molecule has 0 aromatic heterocycles. The summed E-state index contributed by atoms with van der Waals surface area (Å²) in [6, 6.07) is 10.2. The summed E-state index contributed by atoms with van der Waals surface area (Å²) >= 11 is 0. The number of rotatable bonds is 8. The van der Waals surface area contributed by atoms with E-state index in [0.29, 0.717) is 22.6 Å². The summed E-state index contributed by atoms with van der Waals surface area (Å²) in [4.78, 5) is 23.4. The van der Waals surface area contributed by atoms with Crippen LogP contribution in [-0.2, 0) is 29.6 Å². The molecule has 168 valence electrons. The Bertz CT molecular complexity index is 1190. The monoisotopic (exact) mass is 468 g/mol. The third-order valence-corrected chi connectivity index (χ3v) is 6.47. The molecule has 2 amide bonds. The maximum Gasteiger partial charge on any atom is 0.243 e. The lowest BCUT2D eigenvalue weighted by atomic mass is 10.2. The zero-order valence-electron chi connectivity index (χ0n) is 17.5.